The molecular formula is C29H26ClNO4S2. The first-order valence-electron chi connectivity index (χ1n) is 12.1. The summed E-state index contributed by atoms with van der Waals surface area (Å²) in [6, 6.07) is 21.7. The van der Waals surface area contributed by atoms with E-state index in [2.05, 4.69) is 5.32 Å². The number of thiophene rings is 2. The van der Waals surface area contributed by atoms with Crippen molar-refractivity contribution >= 4 is 52.0 Å². The van der Waals surface area contributed by atoms with Crippen molar-refractivity contribution < 1.29 is 19.1 Å². The van der Waals surface area contributed by atoms with Gasteiger partial charge in [0.2, 0.25) is 0 Å². The van der Waals surface area contributed by atoms with Crippen LogP contribution >= 0.6 is 34.3 Å². The van der Waals surface area contributed by atoms with Gasteiger partial charge in [0.1, 0.15) is 6.10 Å². The van der Waals surface area contributed by atoms with Crippen LogP contribution < -0.4 is 5.32 Å². The maximum Gasteiger partial charge on any atom is 0.412 e. The zero-order valence-corrected chi connectivity index (χ0v) is 22.8. The number of carbonyl (C=O) groups excluding carboxylic acids is 2. The molecule has 1 fully saturated rings. The van der Waals surface area contributed by atoms with Crippen LogP contribution in [0.1, 0.15) is 43.2 Å². The predicted octanol–water partition coefficient (Wildman–Crippen LogP) is 8.70. The highest BCUT2D eigenvalue weighted by Crippen LogP contribution is 2.50. The predicted molar refractivity (Wildman–Crippen MR) is 151 cm³/mol. The molecule has 0 spiro atoms. The van der Waals surface area contributed by atoms with Crippen molar-refractivity contribution in [3.05, 3.63) is 86.9 Å². The molecule has 2 heterocycles. The van der Waals surface area contributed by atoms with Gasteiger partial charge in [-0.3, -0.25) is 10.1 Å². The van der Waals surface area contributed by atoms with Gasteiger partial charge in [-0.05, 0) is 60.9 Å². The summed E-state index contributed by atoms with van der Waals surface area (Å²) in [6.45, 7) is 4.06. The molecule has 1 amide bonds. The van der Waals surface area contributed by atoms with Crippen LogP contribution in [0.5, 0.6) is 0 Å². The average Bonchev–Trinajstić information content (AvgIpc) is 3.35. The van der Waals surface area contributed by atoms with Gasteiger partial charge in [-0.15, -0.1) is 22.7 Å². The second-order valence-electron chi connectivity index (χ2n) is 8.91. The molecule has 1 N–H and O–H groups in total. The molecule has 2 aromatic heterocycles. The summed E-state index contributed by atoms with van der Waals surface area (Å²) >= 11 is 9.34. The smallest absolute Gasteiger partial charge is 0.412 e. The quantitative estimate of drug-likeness (QED) is 0.222. The Balaban J connectivity index is 1.40. The van der Waals surface area contributed by atoms with Gasteiger partial charge in [-0.2, -0.15) is 0 Å². The fraction of sp³-hybridized carbons (Fsp3) is 0.241. The molecule has 190 valence electrons. The fourth-order valence-electron chi connectivity index (χ4n) is 4.44. The van der Waals surface area contributed by atoms with Gasteiger partial charge >= 0.3 is 12.1 Å². The summed E-state index contributed by atoms with van der Waals surface area (Å²) in [6.07, 6.45) is 0.733. The minimum atomic E-state index is -0.535. The number of ether oxygens (including phenoxy) is 2. The highest BCUT2D eigenvalue weighted by molar-refractivity contribution is 7.20. The summed E-state index contributed by atoms with van der Waals surface area (Å²) < 4.78 is 11.5. The first kappa shape index (κ1) is 25.5. The van der Waals surface area contributed by atoms with E-state index in [0.29, 0.717) is 16.6 Å². The SMILES string of the molecule is CCOC(=O)C1(c2ccc(-c3ccccc3-c3sc(Cl)cc3NC(=O)OC(C)c3cccs3)cc2)CC1. The van der Waals surface area contributed by atoms with Crippen LogP contribution in [0, 0.1) is 0 Å². The third kappa shape index (κ3) is 5.30. The number of esters is 1. The summed E-state index contributed by atoms with van der Waals surface area (Å²) in [5.74, 6) is -0.146. The van der Waals surface area contributed by atoms with E-state index in [1.54, 1.807) is 17.4 Å². The molecule has 5 rings (SSSR count). The Bertz CT molecular complexity index is 1410. The van der Waals surface area contributed by atoms with E-state index in [1.165, 1.54) is 11.3 Å². The zero-order chi connectivity index (χ0) is 26.0. The van der Waals surface area contributed by atoms with E-state index >= 15 is 0 Å². The van der Waals surface area contributed by atoms with E-state index in [1.807, 2.05) is 79.9 Å². The summed E-state index contributed by atoms with van der Waals surface area (Å²) in [5, 5.41) is 4.83. The monoisotopic (exact) mass is 551 g/mol. The molecule has 5 nitrogen and oxygen atoms in total. The molecule has 1 atom stereocenters. The largest absolute Gasteiger partial charge is 0.465 e. The molecule has 1 unspecified atom stereocenters. The van der Waals surface area contributed by atoms with Gasteiger partial charge < -0.3 is 9.47 Å². The van der Waals surface area contributed by atoms with Crippen molar-refractivity contribution in [2.24, 2.45) is 0 Å². The number of anilines is 1. The Morgan fingerprint density at radius 2 is 1.78 bits per heavy atom. The van der Waals surface area contributed by atoms with Crippen molar-refractivity contribution in [1.82, 2.24) is 0 Å². The maximum atomic E-state index is 12.7. The van der Waals surface area contributed by atoms with Crippen LogP contribution in [0.4, 0.5) is 10.5 Å². The number of amides is 1. The minimum absolute atomic E-state index is 0.146. The van der Waals surface area contributed by atoms with Gasteiger partial charge in [0.15, 0.2) is 0 Å². The van der Waals surface area contributed by atoms with Crippen LogP contribution in [0.3, 0.4) is 0 Å². The van der Waals surface area contributed by atoms with Crippen LogP contribution in [-0.2, 0) is 19.7 Å². The third-order valence-electron chi connectivity index (χ3n) is 6.50. The number of hydrogen-bond donors (Lipinski definition) is 1. The molecule has 4 aromatic rings. The first-order chi connectivity index (χ1) is 17.9. The lowest BCUT2D eigenvalue weighted by Crippen LogP contribution is -2.23. The summed E-state index contributed by atoms with van der Waals surface area (Å²) in [7, 11) is 0. The second kappa shape index (κ2) is 10.7. The van der Waals surface area contributed by atoms with Crippen molar-refractivity contribution in [3.8, 4) is 21.6 Å². The highest BCUT2D eigenvalue weighted by Gasteiger charge is 2.52. The van der Waals surface area contributed by atoms with Gasteiger partial charge in [0.05, 0.1) is 26.9 Å². The summed E-state index contributed by atoms with van der Waals surface area (Å²) in [5.41, 5.74) is 4.02. The van der Waals surface area contributed by atoms with Crippen molar-refractivity contribution in [3.63, 3.8) is 0 Å². The molecule has 0 radical (unpaired) electrons. The molecule has 1 saturated carbocycles. The van der Waals surface area contributed by atoms with Gasteiger partial charge in [-0.1, -0.05) is 66.2 Å². The van der Waals surface area contributed by atoms with E-state index in [-0.39, 0.29) is 12.1 Å². The first-order valence-corrected chi connectivity index (χ1v) is 14.2. The Labute approximate surface area is 229 Å². The molecule has 1 aliphatic carbocycles. The van der Waals surface area contributed by atoms with Gasteiger partial charge in [-0.25, -0.2) is 4.79 Å². The molecule has 0 saturated heterocycles. The number of nitrogens with one attached hydrogen (secondary N) is 1. The van der Waals surface area contributed by atoms with Crippen LogP contribution in [0.15, 0.2) is 72.1 Å². The number of rotatable bonds is 8. The molecular weight excluding hydrogens is 526 g/mol. The minimum Gasteiger partial charge on any atom is -0.465 e. The van der Waals surface area contributed by atoms with E-state index in [9.17, 15) is 9.59 Å². The Kier molecular flexibility index (Phi) is 7.38. The average molecular weight is 552 g/mol. The molecule has 37 heavy (non-hydrogen) atoms. The maximum absolute atomic E-state index is 12.7. The number of benzene rings is 2. The van der Waals surface area contributed by atoms with E-state index < -0.39 is 11.5 Å². The molecule has 2 aromatic carbocycles. The Morgan fingerprint density at radius 1 is 1.05 bits per heavy atom. The van der Waals surface area contributed by atoms with Crippen molar-refractivity contribution in [1.29, 1.82) is 0 Å². The second-order valence-corrected chi connectivity index (χ2v) is 11.6. The van der Waals surface area contributed by atoms with Crippen molar-refractivity contribution in [2.45, 2.75) is 38.2 Å². The standard InChI is InChI=1S/C29H26ClNO4S2/c1-3-34-27(32)29(14-15-29)20-12-10-19(11-13-20)21-7-4-5-8-22(21)26-23(17-25(30)37-26)31-28(33)35-18(2)24-9-6-16-36-24/h4-13,16-18H,3,14-15H2,1-2H3,(H,31,33). The van der Waals surface area contributed by atoms with Crippen LogP contribution in [0.2, 0.25) is 4.34 Å². The normalized spacial score (nSPS) is 14.6. The molecule has 8 heteroatoms. The van der Waals surface area contributed by atoms with Crippen molar-refractivity contribution in [2.75, 3.05) is 11.9 Å². The fourth-order valence-corrected chi connectivity index (χ4v) is 6.37. The zero-order valence-electron chi connectivity index (χ0n) is 20.5. The number of carbonyl (C=O) groups is 2. The van der Waals surface area contributed by atoms with Crippen LogP contribution in [0.25, 0.3) is 21.6 Å². The Morgan fingerprint density at radius 3 is 2.43 bits per heavy atom. The van der Waals surface area contributed by atoms with E-state index in [0.717, 1.165) is 44.8 Å². The topological polar surface area (TPSA) is 64.6 Å². The number of hydrogen-bond acceptors (Lipinski definition) is 6. The highest BCUT2D eigenvalue weighted by atomic mass is 35.5. The Hall–Kier alpha value is -3.13. The lowest BCUT2D eigenvalue weighted by molar-refractivity contribution is -0.146. The number of halogens is 1. The van der Waals surface area contributed by atoms with Gasteiger partial charge in [0, 0.05) is 10.4 Å². The lowest BCUT2D eigenvalue weighted by atomic mass is 9.92. The van der Waals surface area contributed by atoms with Crippen LogP contribution in [-0.4, -0.2) is 18.7 Å². The van der Waals surface area contributed by atoms with Gasteiger partial charge in [0.25, 0.3) is 0 Å². The summed E-state index contributed by atoms with van der Waals surface area (Å²) in [4.78, 5) is 27.0. The lowest BCUT2D eigenvalue weighted by Gasteiger charge is -2.16. The molecule has 0 bridgehead atoms. The van der Waals surface area contributed by atoms with E-state index in [4.69, 9.17) is 21.1 Å². The molecule has 0 aliphatic heterocycles. The molecule has 1 aliphatic rings. The third-order valence-corrected chi connectivity index (χ3v) is 8.83.